The number of carbonyl (C=O) groups is 2. The van der Waals surface area contributed by atoms with Gasteiger partial charge in [-0.05, 0) is 44.2 Å². The summed E-state index contributed by atoms with van der Waals surface area (Å²) in [5.41, 5.74) is 1.09. The van der Waals surface area contributed by atoms with Crippen molar-refractivity contribution in [2.75, 3.05) is 20.8 Å². The van der Waals surface area contributed by atoms with Crippen LogP contribution in [0.5, 0.6) is 23.0 Å². The number of ether oxygens (including phenoxy) is 5. The second kappa shape index (κ2) is 8.68. The summed E-state index contributed by atoms with van der Waals surface area (Å²) in [6, 6.07) is 10.1. The summed E-state index contributed by atoms with van der Waals surface area (Å²) < 4.78 is 26.8. The topological polar surface area (TPSA) is 80.3 Å². The molecule has 1 heterocycles. The van der Waals surface area contributed by atoms with E-state index in [4.69, 9.17) is 23.7 Å². The van der Waals surface area contributed by atoms with E-state index in [1.165, 1.54) is 7.11 Å². The van der Waals surface area contributed by atoms with Crippen LogP contribution in [0, 0.1) is 0 Å². The molecule has 7 heteroatoms. The van der Waals surface area contributed by atoms with Gasteiger partial charge in [0.2, 0.25) is 5.78 Å². The zero-order valence-electron chi connectivity index (χ0n) is 16.7. The number of esters is 1. The zero-order valence-corrected chi connectivity index (χ0v) is 16.7. The number of allylic oxidation sites excluding steroid dienone is 1. The largest absolute Gasteiger partial charge is 0.497 e. The summed E-state index contributed by atoms with van der Waals surface area (Å²) in [5.74, 6) is 1.42. The van der Waals surface area contributed by atoms with Crippen molar-refractivity contribution in [3.8, 4) is 23.0 Å². The summed E-state index contributed by atoms with van der Waals surface area (Å²) in [7, 11) is 3.10. The van der Waals surface area contributed by atoms with Crippen LogP contribution in [-0.2, 0) is 9.53 Å². The molecule has 29 heavy (non-hydrogen) atoms. The Balaban J connectivity index is 1.82. The van der Waals surface area contributed by atoms with Gasteiger partial charge in [0.25, 0.3) is 0 Å². The molecule has 0 bridgehead atoms. The van der Waals surface area contributed by atoms with Crippen molar-refractivity contribution in [1.82, 2.24) is 0 Å². The van der Waals surface area contributed by atoms with Crippen LogP contribution < -0.4 is 18.9 Å². The number of Topliss-reactive ketones (excluding diaryl/α,β-unsaturated/α-hetero) is 1. The predicted molar refractivity (Wildman–Crippen MR) is 106 cm³/mol. The number of hydrogen-bond donors (Lipinski definition) is 0. The molecule has 0 unspecified atom stereocenters. The Hall–Kier alpha value is -3.48. The molecule has 1 atom stereocenters. The average Bonchev–Trinajstić information content (AvgIpc) is 3.03. The van der Waals surface area contributed by atoms with E-state index in [0.29, 0.717) is 34.1 Å². The van der Waals surface area contributed by atoms with Gasteiger partial charge in [0.15, 0.2) is 11.9 Å². The van der Waals surface area contributed by atoms with Crippen LogP contribution in [0.2, 0.25) is 0 Å². The van der Waals surface area contributed by atoms with Gasteiger partial charge in [-0.2, -0.15) is 0 Å². The van der Waals surface area contributed by atoms with Gasteiger partial charge in [0.05, 0.1) is 26.4 Å². The lowest BCUT2D eigenvalue weighted by atomic mass is 10.1. The third-order valence-electron chi connectivity index (χ3n) is 4.30. The SMILES string of the molecule is CCOC(=O)[C@H](C)Oc1ccc2c(c1)O/C(=C\c1ccc(OC)cc1OC)C2=O. The second-order valence-electron chi connectivity index (χ2n) is 6.22. The van der Waals surface area contributed by atoms with Crippen molar-refractivity contribution in [1.29, 1.82) is 0 Å². The van der Waals surface area contributed by atoms with E-state index in [2.05, 4.69) is 0 Å². The molecule has 0 saturated heterocycles. The van der Waals surface area contributed by atoms with Crippen molar-refractivity contribution in [3.63, 3.8) is 0 Å². The third-order valence-corrected chi connectivity index (χ3v) is 4.30. The highest BCUT2D eigenvalue weighted by Gasteiger charge is 2.28. The molecular weight excluding hydrogens is 376 g/mol. The summed E-state index contributed by atoms with van der Waals surface area (Å²) in [6.45, 7) is 3.60. The van der Waals surface area contributed by atoms with E-state index in [1.54, 1.807) is 63.4 Å². The van der Waals surface area contributed by atoms with Crippen LogP contribution in [0.25, 0.3) is 6.08 Å². The molecule has 0 fully saturated rings. The Bertz CT molecular complexity index is 962. The molecule has 1 aliphatic heterocycles. The Labute approximate surface area is 168 Å². The van der Waals surface area contributed by atoms with Gasteiger partial charge in [-0.1, -0.05) is 0 Å². The molecule has 3 rings (SSSR count). The molecule has 0 spiro atoms. The molecular formula is C22H22O7. The first-order valence-electron chi connectivity index (χ1n) is 9.10. The average molecular weight is 398 g/mol. The molecule has 1 aliphatic rings. The molecule has 0 aromatic heterocycles. The molecule has 0 N–H and O–H groups in total. The first-order valence-corrected chi connectivity index (χ1v) is 9.10. The number of benzene rings is 2. The highest BCUT2D eigenvalue weighted by molar-refractivity contribution is 6.14. The highest BCUT2D eigenvalue weighted by atomic mass is 16.6. The number of carbonyl (C=O) groups excluding carboxylic acids is 2. The second-order valence-corrected chi connectivity index (χ2v) is 6.22. The van der Waals surface area contributed by atoms with E-state index in [1.807, 2.05) is 0 Å². The lowest BCUT2D eigenvalue weighted by molar-refractivity contribution is -0.150. The molecule has 0 radical (unpaired) electrons. The molecule has 0 amide bonds. The van der Waals surface area contributed by atoms with E-state index in [-0.39, 0.29) is 18.1 Å². The van der Waals surface area contributed by atoms with Crippen molar-refractivity contribution in [2.24, 2.45) is 0 Å². The minimum atomic E-state index is -0.774. The van der Waals surface area contributed by atoms with Gasteiger partial charge in [0, 0.05) is 17.7 Å². The normalized spacial score (nSPS) is 14.8. The van der Waals surface area contributed by atoms with Gasteiger partial charge in [-0.25, -0.2) is 4.79 Å². The van der Waals surface area contributed by atoms with Crippen molar-refractivity contribution < 1.29 is 33.3 Å². The maximum Gasteiger partial charge on any atom is 0.347 e. The van der Waals surface area contributed by atoms with Gasteiger partial charge in [0.1, 0.15) is 23.0 Å². The standard InChI is InChI=1S/C22H22O7/c1-5-27-22(24)13(2)28-16-8-9-17-19(12-16)29-20(21(17)23)10-14-6-7-15(25-3)11-18(14)26-4/h6-13H,5H2,1-4H3/b20-10-/t13-/m0/s1. The first-order chi connectivity index (χ1) is 14.0. The maximum absolute atomic E-state index is 12.7. The number of rotatable bonds is 7. The van der Waals surface area contributed by atoms with Crippen molar-refractivity contribution >= 4 is 17.8 Å². The maximum atomic E-state index is 12.7. The minimum Gasteiger partial charge on any atom is -0.497 e. The van der Waals surface area contributed by atoms with Gasteiger partial charge < -0.3 is 23.7 Å². The van der Waals surface area contributed by atoms with Crippen LogP contribution in [0.4, 0.5) is 0 Å². The minimum absolute atomic E-state index is 0.166. The van der Waals surface area contributed by atoms with Crippen LogP contribution >= 0.6 is 0 Å². The number of hydrogen-bond acceptors (Lipinski definition) is 7. The highest BCUT2D eigenvalue weighted by Crippen LogP contribution is 2.36. The van der Waals surface area contributed by atoms with E-state index in [0.717, 1.165) is 0 Å². The Morgan fingerprint density at radius 2 is 1.86 bits per heavy atom. The van der Waals surface area contributed by atoms with Gasteiger partial charge >= 0.3 is 5.97 Å². The quantitative estimate of drug-likeness (QED) is 0.520. The molecule has 0 saturated carbocycles. The van der Waals surface area contributed by atoms with Crippen LogP contribution in [0.3, 0.4) is 0 Å². The smallest absolute Gasteiger partial charge is 0.347 e. The van der Waals surface area contributed by atoms with Crippen LogP contribution in [0.15, 0.2) is 42.2 Å². The summed E-state index contributed by atoms with van der Waals surface area (Å²) in [5, 5.41) is 0. The number of methoxy groups -OCH3 is 2. The molecule has 152 valence electrons. The van der Waals surface area contributed by atoms with E-state index >= 15 is 0 Å². The van der Waals surface area contributed by atoms with E-state index < -0.39 is 12.1 Å². The summed E-state index contributed by atoms with van der Waals surface area (Å²) in [4.78, 5) is 24.4. The Morgan fingerprint density at radius 1 is 1.10 bits per heavy atom. The lowest BCUT2D eigenvalue weighted by Crippen LogP contribution is -2.26. The van der Waals surface area contributed by atoms with E-state index in [9.17, 15) is 9.59 Å². The fourth-order valence-electron chi connectivity index (χ4n) is 2.83. The Kier molecular flexibility index (Phi) is 6.07. The third kappa shape index (κ3) is 4.34. The monoisotopic (exact) mass is 398 g/mol. The van der Waals surface area contributed by atoms with Gasteiger partial charge in [-0.15, -0.1) is 0 Å². The molecule has 2 aromatic carbocycles. The lowest BCUT2D eigenvalue weighted by Gasteiger charge is -2.13. The predicted octanol–water partition coefficient (Wildman–Crippen LogP) is 3.65. The number of fused-ring (bicyclic) bond motifs is 1. The summed E-state index contributed by atoms with van der Waals surface area (Å²) >= 11 is 0. The van der Waals surface area contributed by atoms with Crippen LogP contribution in [-0.4, -0.2) is 38.7 Å². The Morgan fingerprint density at radius 3 is 2.55 bits per heavy atom. The molecule has 2 aromatic rings. The fraction of sp³-hybridized carbons (Fsp3) is 0.273. The van der Waals surface area contributed by atoms with Gasteiger partial charge in [-0.3, -0.25) is 4.79 Å². The first kappa shape index (κ1) is 20.3. The van der Waals surface area contributed by atoms with Crippen molar-refractivity contribution in [3.05, 3.63) is 53.3 Å². The van der Waals surface area contributed by atoms with Crippen molar-refractivity contribution in [2.45, 2.75) is 20.0 Å². The number of ketones is 1. The summed E-state index contributed by atoms with van der Waals surface area (Å²) in [6.07, 6.45) is 0.839. The zero-order chi connectivity index (χ0) is 21.0. The molecule has 7 nitrogen and oxygen atoms in total. The van der Waals surface area contributed by atoms with Crippen LogP contribution in [0.1, 0.15) is 29.8 Å². The molecule has 0 aliphatic carbocycles. The fourth-order valence-corrected chi connectivity index (χ4v) is 2.83.